The van der Waals surface area contributed by atoms with E-state index in [0.29, 0.717) is 17.4 Å². The van der Waals surface area contributed by atoms with Crippen molar-refractivity contribution < 1.29 is 8.94 Å². The van der Waals surface area contributed by atoms with Crippen LogP contribution in [0.1, 0.15) is 11.3 Å². The van der Waals surface area contributed by atoms with Crippen LogP contribution >= 0.6 is 0 Å². The lowest BCUT2D eigenvalue weighted by molar-refractivity contribution is 0.432. The van der Waals surface area contributed by atoms with Crippen LogP contribution in [0.4, 0.5) is 5.69 Å². The average Bonchev–Trinajstić information content (AvgIpc) is 3.00. The van der Waals surface area contributed by atoms with Crippen molar-refractivity contribution in [1.29, 1.82) is 0 Å². The fourth-order valence-electron chi connectivity index (χ4n) is 1.91. The standard InChI is InChI=1S/C14H13N3O2/c1-8-3-4-12(15)11(7-8)14-16-13(17-19-14)10-5-6-18-9(10)2/h3-7H,15H2,1-2H3. The summed E-state index contributed by atoms with van der Waals surface area (Å²) in [6.45, 7) is 3.84. The number of hydrogen-bond donors (Lipinski definition) is 1. The van der Waals surface area contributed by atoms with Crippen molar-refractivity contribution in [3.05, 3.63) is 41.9 Å². The van der Waals surface area contributed by atoms with Gasteiger partial charge in [0.2, 0.25) is 5.82 Å². The van der Waals surface area contributed by atoms with Gasteiger partial charge < -0.3 is 14.7 Å². The second-order valence-electron chi connectivity index (χ2n) is 4.40. The van der Waals surface area contributed by atoms with Crippen molar-refractivity contribution in [2.24, 2.45) is 0 Å². The molecule has 0 saturated carbocycles. The highest BCUT2D eigenvalue weighted by molar-refractivity contribution is 5.72. The molecule has 5 heteroatoms. The normalized spacial score (nSPS) is 10.8. The fraction of sp³-hybridized carbons (Fsp3) is 0.143. The van der Waals surface area contributed by atoms with Gasteiger partial charge in [0.15, 0.2) is 0 Å². The number of nitrogens with two attached hydrogens (primary N) is 1. The number of hydrogen-bond acceptors (Lipinski definition) is 5. The second-order valence-corrected chi connectivity index (χ2v) is 4.40. The van der Waals surface area contributed by atoms with Crippen LogP contribution in [0.2, 0.25) is 0 Å². The van der Waals surface area contributed by atoms with E-state index in [-0.39, 0.29) is 0 Å². The molecule has 0 bridgehead atoms. The smallest absolute Gasteiger partial charge is 0.260 e. The molecule has 0 spiro atoms. The maximum Gasteiger partial charge on any atom is 0.260 e. The predicted octanol–water partition coefficient (Wildman–Crippen LogP) is 3.20. The molecule has 0 aliphatic heterocycles. The number of nitrogens with zero attached hydrogens (tertiary/aromatic N) is 2. The van der Waals surface area contributed by atoms with Crippen molar-refractivity contribution in [3.63, 3.8) is 0 Å². The zero-order valence-electron chi connectivity index (χ0n) is 10.7. The molecule has 1 aromatic carbocycles. The van der Waals surface area contributed by atoms with Gasteiger partial charge in [-0.2, -0.15) is 4.98 Å². The molecule has 3 aromatic rings. The molecule has 2 aromatic heterocycles. The number of furan rings is 1. The van der Waals surface area contributed by atoms with Crippen molar-refractivity contribution >= 4 is 5.69 Å². The Bertz CT molecular complexity index is 728. The Morgan fingerprint density at radius 2 is 1.95 bits per heavy atom. The number of rotatable bonds is 2. The average molecular weight is 255 g/mol. The first kappa shape index (κ1) is 11.5. The monoisotopic (exact) mass is 255 g/mol. The molecule has 0 radical (unpaired) electrons. The Kier molecular flexibility index (Phi) is 2.59. The molecule has 2 heterocycles. The minimum atomic E-state index is 0.414. The summed E-state index contributed by atoms with van der Waals surface area (Å²) in [4.78, 5) is 4.37. The van der Waals surface area contributed by atoms with Gasteiger partial charge in [0.1, 0.15) is 5.76 Å². The zero-order chi connectivity index (χ0) is 13.4. The van der Waals surface area contributed by atoms with Crippen molar-refractivity contribution in [1.82, 2.24) is 10.1 Å². The van der Waals surface area contributed by atoms with Crippen LogP contribution in [0.25, 0.3) is 22.8 Å². The molecular formula is C14H13N3O2. The first-order valence-electron chi connectivity index (χ1n) is 5.90. The van der Waals surface area contributed by atoms with Gasteiger partial charge in [-0.05, 0) is 32.0 Å². The molecule has 2 N–H and O–H groups in total. The van der Waals surface area contributed by atoms with E-state index in [4.69, 9.17) is 14.7 Å². The summed E-state index contributed by atoms with van der Waals surface area (Å²) < 4.78 is 10.5. The lowest BCUT2D eigenvalue weighted by Gasteiger charge is -2.01. The molecule has 19 heavy (non-hydrogen) atoms. The molecular weight excluding hydrogens is 242 g/mol. The van der Waals surface area contributed by atoms with Gasteiger partial charge >= 0.3 is 0 Å². The van der Waals surface area contributed by atoms with E-state index in [2.05, 4.69) is 10.1 Å². The minimum absolute atomic E-state index is 0.414. The summed E-state index contributed by atoms with van der Waals surface area (Å²) in [5.74, 6) is 1.67. The third kappa shape index (κ3) is 1.99. The molecule has 3 rings (SSSR count). The van der Waals surface area contributed by atoms with E-state index in [1.54, 1.807) is 6.26 Å². The second kappa shape index (κ2) is 4.28. The molecule has 0 aliphatic rings. The lowest BCUT2D eigenvalue weighted by Crippen LogP contribution is -1.91. The number of anilines is 1. The van der Waals surface area contributed by atoms with Gasteiger partial charge in [-0.3, -0.25) is 0 Å². The fourth-order valence-corrected chi connectivity index (χ4v) is 1.91. The molecule has 0 aliphatic carbocycles. The molecule has 0 fully saturated rings. The number of benzene rings is 1. The van der Waals surface area contributed by atoms with Gasteiger partial charge in [-0.15, -0.1) is 0 Å². The van der Waals surface area contributed by atoms with E-state index in [0.717, 1.165) is 22.5 Å². The first-order valence-corrected chi connectivity index (χ1v) is 5.90. The molecule has 96 valence electrons. The van der Waals surface area contributed by atoms with Gasteiger partial charge in [0.05, 0.1) is 17.4 Å². The molecule has 0 unspecified atom stereocenters. The summed E-state index contributed by atoms with van der Waals surface area (Å²) in [5.41, 5.74) is 9.21. The Morgan fingerprint density at radius 1 is 1.11 bits per heavy atom. The van der Waals surface area contributed by atoms with Crippen LogP contribution < -0.4 is 5.73 Å². The van der Waals surface area contributed by atoms with Crippen LogP contribution in [0, 0.1) is 13.8 Å². The number of nitrogen functional groups attached to an aromatic ring is 1. The summed E-state index contributed by atoms with van der Waals surface area (Å²) in [6.07, 6.45) is 1.60. The van der Waals surface area contributed by atoms with Crippen LogP contribution in [-0.4, -0.2) is 10.1 Å². The molecule has 0 saturated heterocycles. The van der Waals surface area contributed by atoms with Crippen molar-refractivity contribution in [2.75, 3.05) is 5.73 Å². The first-order chi connectivity index (χ1) is 9.15. The highest BCUT2D eigenvalue weighted by atomic mass is 16.5. The minimum Gasteiger partial charge on any atom is -0.469 e. The Hall–Kier alpha value is -2.56. The van der Waals surface area contributed by atoms with Gasteiger partial charge in [0, 0.05) is 5.69 Å². The maximum atomic E-state index is 5.93. The molecule has 0 atom stereocenters. The van der Waals surface area contributed by atoms with Crippen LogP contribution in [0.5, 0.6) is 0 Å². The molecule has 0 amide bonds. The summed E-state index contributed by atoms with van der Waals surface area (Å²) in [5, 5.41) is 3.96. The third-order valence-corrected chi connectivity index (χ3v) is 2.96. The van der Waals surface area contributed by atoms with Crippen molar-refractivity contribution in [3.8, 4) is 22.8 Å². The zero-order valence-corrected chi connectivity index (χ0v) is 10.7. The maximum absolute atomic E-state index is 5.93. The number of aromatic nitrogens is 2. The highest BCUT2D eigenvalue weighted by Crippen LogP contribution is 2.28. The van der Waals surface area contributed by atoms with Gasteiger partial charge in [0.25, 0.3) is 5.89 Å². The van der Waals surface area contributed by atoms with Crippen LogP contribution in [-0.2, 0) is 0 Å². The van der Waals surface area contributed by atoms with Crippen LogP contribution in [0.15, 0.2) is 39.5 Å². The third-order valence-electron chi connectivity index (χ3n) is 2.96. The van der Waals surface area contributed by atoms with Gasteiger partial charge in [-0.25, -0.2) is 0 Å². The van der Waals surface area contributed by atoms with E-state index >= 15 is 0 Å². The Morgan fingerprint density at radius 3 is 2.68 bits per heavy atom. The topological polar surface area (TPSA) is 78.1 Å². The molecule has 5 nitrogen and oxygen atoms in total. The summed E-state index contributed by atoms with van der Waals surface area (Å²) >= 11 is 0. The van der Waals surface area contributed by atoms with Gasteiger partial charge in [-0.1, -0.05) is 16.8 Å². The van der Waals surface area contributed by atoms with E-state index in [1.807, 2.05) is 38.1 Å². The van der Waals surface area contributed by atoms with E-state index in [9.17, 15) is 0 Å². The Labute approximate surface area is 110 Å². The predicted molar refractivity (Wildman–Crippen MR) is 71.3 cm³/mol. The van der Waals surface area contributed by atoms with Crippen molar-refractivity contribution in [2.45, 2.75) is 13.8 Å². The quantitative estimate of drug-likeness (QED) is 0.711. The van der Waals surface area contributed by atoms with E-state index < -0.39 is 0 Å². The van der Waals surface area contributed by atoms with Crippen LogP contribution in [0.3, 0.4) is 0 Å². The summed E-state index contributed by atoms with van der Waals surface area (Å²) in [7, 11) is 0. The Balaban J connectivity index is 2.06. The highest BCUT2D eigenvalue weighted by Gasteiger charge is 2.15. The summed E-state index contributed by atoms with van der Waals surface area (Å²) in [6, 6.07) is 7.51. The number of aryl methyl sites for hydroxylation is 2. The SMILES string of the molecule is Cc1ccc(N)c(-c2nc(-c3ccoc3C)no2)c1. The lowest BCUT2D eigenvalue weighted by atomic mass is 10.1. The largest absolute Gasteiger partial charge is 0.469 e. The van der Waals surface area contributed by atoms with E-state index in [1.165, 1.54) is 0 Å².